The average molecular weight is 263 g/mol. The van der Waals surface area contributed by atoms with Crippen molar-refractivity contribution in [2.24, 2.45) is 0 Å². The number of nitrogen functional groups attached to an aromatic ring is 1. The summed E-state index contributed by atoms with van der Waals surface area (Å²) in [7, 11) is 0. The van der Waals surface area contributed by atoms with Crippen LogP contribution in [0.15, 0.2) is 18.5 Å². The number of nitrogens with two attached hydrogens (primary N) is 1. The molecule has 15 heavy (non-hydrogen) atoms. The number of aromatic nitrogens is 3. The fraction of sp³-hybridized carbons (Fsp3) is 0. The third kappa shape index (κ3) is 1.73. The molecule has 2 aromatic heterocycles. The molecular weight excluding hydrogens is 255 g/mol. The molecule has 0 atom stereocenters. The lowest BCUT2D eigenvalue weighted by molar-refractivity contribution is 1.35. The number of hydrogen-bond acceptors (Lipinski definition) is 4. The largest absolute Gasteiger partial charge is 0.375 e. The molecule has 0 unspecified atom stereocenters. The first-order valence-electron chi connectivity index (χ1n) is 3.83. The maximum absolute atomic E-state index is 5.62. The van der Waals surface area contributed by atoms with Crippen molar-refractivity contribution < 1.29 is 0 Å². The zero-order chi connectivity index (χ0) is 8.84. The summed E-state index contributed by atoms with van der Waals surface area (Å²) in [5.74, 6) is 0. The van der Waals surface area contributed by atoms with Crippen molar-refractivity contribution in [1.29, 1.82) is 0 Å². The predicted molar refractivity (Wildman–Crippen MR) is 68.2 cm³/mol. The molecule has 3 N–H and O–H groups in total. The highest BCUT2D eigenvalue weighted by molar-refractivity contribution is 7.22. The van der Waals surface area contributed by atoms with Crippen LogP contribution in [0.5, 0.6) is 0 Å². The van der Waals surface area contributed by atoms with E-state index in [1.807, 2.05) is 12.1 Å². The first kappa shape index (κ1) is 12.0. The fourth-order valence-corrected chi connectivity index (χ4v) is 2.24. The standard InChI is InChI=1S/C8H6N4S.2ClH/c9-8-12-5-2-1-4-6(7(5)13-8)11-3-10-4;;/h1-3H,(H2,9,12)(H,10,11);2*1H. The van der Waals surface area contributed by atoms with Gasteiger partial charge in [0.1, 0.15) is 5.52 Å². The number of anilines is 1. The van der Waals surface area contributed by atoms with E-state index in [-0.39, 0.29) is 24.8 Å². The van der Waals surface area contributed by atoms with Gasteiger partial charge in [0.2, 0.25) is 0 Å². The van der Waals surface area contributed by atoms with Crippen LogP contribution in [0, 0.1) is 0 Å². The second-order valence-corrected chi connectivity index (χ2v) is 3.80. The lowest BCUT2D eigenvalue weighted by atomic mass is 10.3. The van der Waals surface area contributed by atoms with E-state index < -0.39 is 0 Å². The number of nitrogens with zero attached hydrogens (tertiary/aromatic N) is 2. The summed E-state index contributed by atoms with van der Waals surface area (Å²) in [4.78, 5) is 11.5. The summed E-state index contributed by atoms with van der Waals surface area (Å²) in [5, 5.41) is 0.588. The number of halogens is 2. The van der Waals surface area contributed by atoms with Crippen LogP contribution >= 0.6 is 36.2 Å². The molecule has 0 bridgehead atoms. The molecule has 1 aromatic carbocycles. The molecule has 0 aliphatic rings. The second kappa shape index (κ2) is 4.22. The van der Waals surface area contributed by atoms with Gasteiger partial charge in [-0.25, -0.2) is 9.97 Å². The minimum absolute atomic E-state index is 0. The van der Waals surface area contributed by atoms with E-state index in [0.717, 1.165) is 21.3 Å². The SMILES string of the molecule is Cl.Cl.Nc1nc2ccc3[nH]cnc3c2s1. The number of H-pyrrole nitrogens is 1. The fourth-order valence-electron chi connectivity index (χ4n) is 1.41. The number of hydrogen-bond donors (Lipinski definition) is 2. The van der Waals surface area contributed by atoms with Gasteiger partial charge in [-0.05, 0) is 12.1 Å². The smallest absolute Gasteiger partial charge is 0.181 e. The molecular formula is C8H8Cl2N4S. The van der Waals surface area contributed by atoms with Crippen LogP contribution in [-0.2, 0) is 0 Å². The van der Waals surface area contributed by atoms with Crippen LogP contribution in [0.2, 0.25) is 0 Å². The predicted octanol–water partition coefficient (Wildman–Crippen LogP) is 2.60. The molecule has 7 heteroatoms. The Bertz CT molecular complexity index is 588. The van der Waals surface area contributed by atoms with Crippen LogP contribution in [0.3, 0.4) is 0 Å². The Morgan fingerprint density at radius 1 is 1.27 bits per heavy atom. The highest BCUT2D eigenvalue weighted by atomic mass is 35.5. The summed E-state index contributed by atoms with van der Waals surface area (Å²) < 4.78 is 1.05. The number of nitrogens with one attached hydrogen (secondary N) is 1. The van der Waals surface area contributed by atoms with E-state index in [1.165, 1.54) is 11.3 Å². The Morgan fingerprint density at radius 2 is 2.07 bits per heavy atom. The normalized spacial score (nSPS) is 9.87. The highest BCUT2D eigenvalue weighted by Gasteiger charge is 2.06. The first-order valence-corrected chi connectivity index (χ1v) is 4.64. The maximum Gasteiger partial charge on any atom is 0.181 e. The minimum atomic E-state index is 0. The van der Waals surface area contributed by atoms with Crippen LogP contribution in [0.1, 0.15) is 0 Å². The van der Waals surface area contributed by atoms with E-state index in [0.29, 0.717) is 5.13 Å². The summed E-state index contributed by atoms with van der Waals surface area (Å²) in [6.45, 7) is 0. The zero-order valence-corrected chi connectivity index (χ0v) is 9.88. The van der Waals surface area contributed by atoms with Gasteiger partial charge in [0.15, 0.2) is 5.13 Å². The summed E-state index contributed by atoms with van der Waals surface area (Å²) in [6.07, 6.45) is 1.68. The number of aromatic amines is 1. The van der Waals surface area contributed by atoms with Gasteiger partial charge in [-0.3, -0.25) is 0 Å². The van der Waals surface area contributed by atoms with Crippen LogP contribution < -0.4 is 5.73 Å². The molecule has 0 fully saturated rings. The Kier molecular flexibility index (Phi) is 3.38. The van der Waals surface area contributed by atoms with Gasteiger partial charge in [-0.15, -0.1) is 24.8 Å². The monoisotopic (exact) mass is 262 g/mol. The van der Waals surface area contributed by atoms with Crippen molar-refractivity contribution >= 4 is 62.5 Å². The molecule has 4 nitrogen and oxygen atoms in total. The lowest BCUT2D eigenvalue weighted by Gasteiger charge is -1.87. The van der Waals surface area contributed by atoms with Gasteiger partial charge in [-0.1, -0.05) is 11.3 Å². The molecule has 0 saturated heterocycles. The van der Waals surface area contributed by atoms with Crippen molar-refractivity contribution in [2.45, 2.75) is 0 Å². The van der Waals surface area contributed by atoms with Gasteiger partial charge >= 0.3 is 0 Å². The molecule has 3 aromatic rings. The van der Waals surface area contributed by atoms with Gasteiger partial charge in [0, 0.05) is 0 Å². The van der Waals surface area contributed by atoms with Crippen molar-refractivity contribution in [3.05, 3.63) is 18.5 Å². The zero-order valence-electron chi connectivity index (χ0n) is 7.43. The lowest BCUT2D eigenvalue weighted by Crippen LogP contribution is -1.78. The van der Waals surface area contributed by atoms with Gasteiger partial charge in [-0.2, -0.15) is 0 Å². The van der Waals surface area contributed by atoms with Crippen molar-refractivity contribution in [3.63, 3.8) is 0 Å². The van der Waals surface area contributed by atoms with E-state index >= 15 is 0 Å². The van der Waals surface area contributed by atoms with Crippen molar-refractivity contribution in [3.8, 4) is 0 Å². The Morgan fingerprint density at radius 3 is 2.87 bits per heavy atom. The molecule has 0 saturated carbocycles. The minimum Gasteiger partial charge on any atom is -0.375 e. The summed E-state index contributed by atoms with van der Waals surface area (Å²) in [5.41, 5.74) is 8.51. The Balaban J connectivity index is 0.000000562. The third-order valence-electron chi connectivity index (χ3n) is 1.96. The molecule has 0 aliphatic heterocycles. The van der Waals surface area contributed by atoms with Gasteiger partial charge < -0.3 is 10.7 Å². The van der Waals surface area contributed by atoms with E-state index in [2.05, 4.69) is 15.0 Å². The summed E-state index contributed by atoms with van der Waals surface area (Å²) in [6, 6.07) is 3.91. The van der Waals surface area contributed by atoms with E-state index in [1.54, 1.807) is 6.33 Å². The molecule has 0 spiro atoms. The Hall–Kier alpha value is -1.04. The van der Waals surface area contributed by atoms with Crippen molar-refractivity contribution in [1.82, 2.24) is 15.0 Å². The average Bonchev–Trinajstić information content (AvgIpc) is 2.65. The molecule has 0 aliphatic carbocycles. The number of thiazole rings is 1. The quantitative estimate of drug-likeness (QED) is 0.655. The molecule has 80 valence electrons. The maximum atomic E-state index is 5.62. The van der Waals surface area contributed by atoms with Gasteiger partial charge in [0.25, 0.3) is 0 Å². The van der Waals surface area contributed by atoms with Crippen molar-refractivity contribution in [2.75, 3.05) is 5.73 Å². The number of fused-ring (bicyclic) bond motifs is 3. The van der Waals surface area contributed by atoms with E-state index in [9.17, 15) is 0 Å². The highest BCUT2D eigenvalue weighted by Crippen LogP contribution is 2.29. The molecule has 3 rings (SSSR count). The van der Waals surface area contributed by atoms with Crippen LogP contribution in [0.25, 0.3) is 21.3 Å². The van der Waals surface area contributed by atoms with Crippen LogP contribution in [-0.4, -0.2) is 15.0 Å². The summed E-state index contributed by atoms with van der Waals surface area (Å²) >= 11 is 1.47. The molecule has 0 amide bonds. The number of rotatable bonds is 0. The Labute approximate surface area is 102 Å². The molecule has 2 heterocycles. The van der Waals surface area contributed by atoms with E-state index in [4.69, 9.17) is 5.73 Å². The molecule has 0 radical (unpaired) electrons. The van der Waals surface area contributed by atoms with Gasteiger partial charge in [0.05, 0.1) is 22.1 Å². The number of benzene rings is 1. The van der Waals surface area contributed by atoms with Crippen LogP contribution in [0.4, 0.5) is 5.13 Å². The third-order valence-corrected chi connectivity index (χ3v) is 2.87. The topological polar surface area (TPSA) is 67.6 Å². The number of imidazole rings is 1. The second-order valence-electron chi connectivity index (χ2n) is 2.76. The first-order chi connectivity index (χ1) is 6.34.